The van der Waals surface area contributed by atoms with Gasteiger partial charge in [-0.15, -0.1) is 0 Å². The van der Waals surface area contributed by atoms with Gasteiger partial charge in [0.05, 0.1) is 0 Å². The minimum atomic E-state index is -0.780. The Morgan fingerprint density at radius 3 is 0.887 bits per heavy atom. The predicted octanol–water partition coefficient (Wildman–Crippen LogP) is 17.9. The van der Waals surface area contributed by atoms with E-state index in [0.29, 0.717) is 19.3 Å². The lowest BCUT2D eigenvalue weighted by molar-refractivity contribution is -0.167. The third kappa shape index (κ3) is 48.9. The van der Waals surface area contributed by atoms with E-state index in [-0.39, 0.29) is 31.1 Å². The van der Waals surface area contributed by atoms with Gasteiger partial charge in [-0.25, -0.2) is 0 Å². The molecule has 0 aliphatic carbocycles. The molecule has 1 atom stereocenters. The summed E-state index contributed by atoms with van der Waals surface area (Å²) in [6.07, 6.45) is 58.9. The third-order valence-electron chi connectivity index (χ3n) is 12.2. The molecule has 0 aromatic carbocycles. The summed E-state index contributed by atoms with van der Waals surface area (Å²) >= 11 is 0. The zero-order chi connectivity index (χ0) is 45.1. The first kappa shape index (κ1) is 59.9. The Morgan fingerprint density at radius 1 is 0.306 bits per heavy atom. The van der Waals surface area contributed by atoms with E-state index in [9.17, 15) is 14.4 Å². The second-order valence-electron chi connectivity index (χ2n) is 18.5. The highest BCUT2D eigenvalue weighted by Crippen LogP contribution is 2.16. The molecule has 0 saturated heterocycles. The average molecular weight is 873 g/mol. The number of carbonyl (C=O) groups excluding carboxylic acids is 3. The van der Waals surface area contributed by atoms with Crippen LogP contribution in [0.5, 0.6) is 0 Å². The molecule has 6 heteroatoms. The zero-order valence-electron chi connectivity index (χ0n) is 41.7. The van der Waals surface area contributed by atoms with Crippen LogP contribution in [0.25, 0.3) is 0 Å². The maximum atomic E-state index is 12.8. The highest BCUT2D eigenvalue weighted by molar-refractivity contribution is 5.71. The number of hydrogen-bond acceptors (Lipinski definition) is 6. The molecular weight excluding hydrogens is 769 g/mol. The van der Waals surface area contributed by atoms with E-state index in [1.54, 1.807) is 0 Å². The molecule has 0 N–H and O–H groups in total. The van der Waals surface area contributed by atoms with Crippen LogP contribution in [-0.2, 0) is 28.6 Å². The van der Waals surface area contributed by atoms with Gasteiger partial charge < -0.3 is 14.2 Å². The molecule has 0 bridgehead atoms. The Morgan fingerprint density at radius 2 is 0.548 bits per heavy atom. The average Bonchev–Trinajstić information content (AvgIpc) is 3.27. The van der Waals surface area contributed by atoms with Crippen molar-refractivity contribution in [1.29, 1.82) is 0 Å². The molecule has 0 aromatic heterocycles. The number of unbranched alkanes of at least 4 members (excludes halogenated alkanes) is 35. The topological polar surface area (TPSA) is 78.9 Å². The summed E-state index contributed by atoms with van der Waals surface area (Å²) in [5.41, 5.74) is 0. The van der Waals surface area contributed by atoms with Crippen molar-refractivity contribution < 1.29 is 28.6 Å². The molecule has 1 unspecified atom stereocenters. The standard InChI is InChI=1S/C56H104O6/c1-4-7-10-13-16-19-21-23-25-27-29-30-32-34-37-40-43-46-49-55(58)61-52-53(51-60-54(57)48-45-42-39-36-18-15-12-9-6-3)62-56(59)50-47-44-41-38-35-33-31-28-26-24-22-20-17-14-11-8-5-2/h29-30,36,39,53H,4-28,31-35,37-38,40-52H2,1-3H3/b30-29-,39-36-. The minimum absolute atomic E-state index is 0.0803. The van der Waals surface area contributed by atoms with Gasteiger partial charge >= 0.3 is 17.9 Å². The van der Waals surface area contributed by atoms with Crippen LogP contribution in [0.1, 0.15) is 297 Å². The molecule has 0 rings (SSSR count). The molecule has 0 aliphatic rings. The monoisotopic (exact) mass is 873 g/mol. The van der Waals surface area contributed by atoms with Crippen molar-refractivity contribution in [2.45, 2.75) is 303 Å². The molecule has 62 heavy (non-hydrogen) atoms. The first-order valence-corrected chi connectivity index (χ1v) is 27.3. The largest absolute Gasteiger partial charge is 0.462 e. The summed E-state index contributed by atoms with van der Waals surface area (Å²) < 4.78 is 16.8. The van der Waals surface area contributed by atoms with Gasteiger partial charge in [-0.2, -0.15) is 0 Å². The summed E-state index contributed by atoms with van der Waals surface area (Å²) in [5.74, 6) is -0.909. The Hall–Kier alpha value is -2.11. The molecule has 0 heterocycles. The molecule has 6 nitrogen and oxygen atoms in total. The molecule has 364 valence electrons. The molecule has 0 fully saturated rings. The van der Waals surface area contributed by atoms with Crippen LogP contribution >= 0.6 is 0 Å². The van der Waals surface area contributed by atoms with Crippen molar-refractivity contribution in [2.75, 3.05) is 13.2 Å². The number of hydrogen-bond donors (Lipinski definition) is 0. The Bertz CT molecular complexity index is 1000. The Labute approximate surface area is 385 Å². The second kappa shape index (κ2) is 51.5. The number of esters is 3. The molecule has 0 aliphatic heterocycles. The maximum absolute atomic E-state index is 12.8. The first-order valence-electron chi connectivity index (χ1n) is 27.3. The van der Waals surface area contributed by atoms with Crippen LogP contribution in [0.15, 0.2) is 24.3 Å². The van der Waals surface area contributed by atoms with Gasteiger partial charge in [0, 0.05) is 19.3 Å². The van der Waals surface area contributed by atoms with Gasteiger partial charge in [-0.3, -0.25) is 14.4 Å². The van der Waals surface area contributed by atoms with E-state index in [1.165, 1.54) is 193 Å². The normalized spacial score (nSPS) is 12.1. The SMILES string of the molecule is CCCCCC/C=C\CCCC(=O)OCC(COC(=O)CCCCCCC/C=C\CCCCCCCCCCC)OC(=O)CCCCCCCCCCCCCCCCCCC. The van der Waals surface area contributed by atoms with Crippen molar-refractivity contribution in [2.24, 2.45) is 0 Å². The molecule has 0 aromatic rings. The van der Waals surface area contributed by atoms with E-state index in [1.807, 2.05) is 0 Å². The summed E-state index contributed by atoms with van der Waals surface area (Å²) in [4.78, 5) is 37.9. The molecular formula is C56H104O6. The van der Waals surface area contributed by atoms with Crippen LogP contribution < -0.4 is 0 Å². The summed E-state index contributed by atoms with van der Waals surface area (Å²) in [7, 11) is 0. The van der Waals surface area contributed by atoms with Crippen LogP contribution in [0, 0.1) is 0 Å². The van der Waals surface area contributed by atoms with Crippen LogP contribution in [0.4, 0.5) is 0 Å². The summed E-state index contributed by atoms with van der Waals surface area (Å²) in [6, 6.07) is 0. The Kier molecular flexibility index (Phi) is 49.8. The van der Waals surface area contributed by atoms with Gasteiger partial charge in [0.2, 0.25) is 0 Å². The fraction of sp³-hybridized carbons (Fsp3) is 0.875. The van der Waals surface area contributed by atoms with E-state index in [2.05, 4.69) is 45.1 Å². The van der Waals surface area contributed by atoms with Gasteiger partial charge in [0.1, 0.15) is 13.2 Å². The number of ether oxygens (including phenoxy) is 3. The maximum Gasteiger partial charge on any atom is 0.306 e. The van der Waals surface area contributed by atoms with Crippen LogP contribution in [-0.4, -0.2) is 37.2 Å². The molecule has 0 radical (unpaired) electrons. The second-order valence-corrected chi connectivity index (χ2v) is 18.5. The van der Waals surface area contributed by atoms with Gasteiger partial charge in [-0.05, 0) is 64.2 Å². The lowest BCUT2D eigenvalue weighted by Crippen LogP contribution is -2.30. The summed E-state index contributed by atoms with van der Waals surface area (Å²) in [5, 5.41) is 0. The lowest BCUT2D eigenvalue weighted by atomic mass is 10.0. The number of allylic oxidation sites excluding steroid dienone is 4. The van der Waals surface area contributed by atoms with Crippen molar-refractivity contribution in [3.63, 3.8) is 0 Å². The highest BCUT2D eigenvalue weighted by atomic mass is 16.6. The molecule has 0 spiro atoms. The fourth-order valence-corrected chi connectivity index (χ4v) is 8.03. The van der Waals surface area contributed by atoms with Crippen molar-refractivity contribution in [3.05, 3.63) is 24.3 Å². The van der Waals surface area contributed by atoms with E-state index in [0.717, 1.165) is 64.2 Å². The third-order valence-corrected chi connectivity index (χ3v) is 12.2. The number of carbonyl (C=O) groups is 3. The fourth-order valence-electron chi connectivity index (χ4n) is 8.03. The zero-order valence-corrected chi connectivity index (χ0v) is 41.7. The molecule has 0 saturated carbocycles. The summed E-state index contributed by atoms with van der Waals surface area (Å²) in [6.45, 7) is 6.61. The van der Waals surface area contributed by atoms with Crippen LogP contribution in [0.3, 0.4) is 0 Å². The smallest absolute Gasteiger partial charge is 0.306 e. The van der Waals surface area contributed by atoms with Crippen molar-refractivity contribution >= 4 is 17.9 Å². The van der Waals surface area contributed by atoms with Crippen molar-refractivity contribution in [1.82, 2.24) is 0 Å². The Balaban J connectivity index is 4.28. The van der Waals surface area contributed by atoms with E-state index in [4.69, 9.17) is 14.2 Å². The van der Waals surface area contributed by atoms with Crippen molar-refractivity contribution in [3.8, 4) is 0 Å². The quantitative estimate of drug-likeness (QED) is 0.0262. The molecule has 0 amide bonds. The van der Waals surface area contributed by atoms with Gasteiger partial charge in [0.15, 0.2) is 6.10 Å². The van der Waals surface area contributed by atoms with Gasteiger partial charge in [-0.1, -0.05) is 238 Å². The number of rotatable bonds is 50. The minimum Gasteiger partial charge on any atom is -0.462 e. The first-order chi connectivity index (χ1) is 30.5. The highest BCUT2D eigenvalue weighted by Gasteiger charge is 2.19. The van der Waals surface area contributed by atoms with E-state index < -0.39 is 6.10 Å². The van der Waals surface area contributed by atoms with Gasteiger partial charge in [0.25, 0.3) is 0 Å². The lowest BCUT2D eigenvalue weighted by Gasteiger charge is -2.18. The van der Waals surface area contributed by atoms with E-state index >= 15 is 0 Å². The van der Waals surface area contributed by atoms with Crippen LogP contribution in [0.2, 0.25) is 0 Å². The predicted molar refractivity (Wildman–Crippen MR) is 266 cm³/mol.